The molecule has 0 bridgehead atoms. The fraction of sp³-hybridized carbons (Fsp3) is 1.00. The van der Waals surface area contributed by atoms with Gasteiger partial charge in [0, 0.05) is 0 Å². The molecule has 0 unspecified atom stereocenters. The average molecular weight is 219 g/mol. The van der Waals surface area contributed by atoms with Gasteiger partial charge in [-0.25, -0.2) is 0 Å². The standard InChI is InChI=1S/C9H17NO5/c1-9(2)14-7-5(12)6(4(10)3-11)13-8(7)15-9/h4-8,11-12H,3,10H2,1-2H3/t4-,5-,6-,7-,8-/m1/s1. The van der Waals surface area contributed by atoms with Gasteiger partial charge in [0.25, 0.3) is 0 Å². The van der Waals surface area contributed by atoms with Crippen molar-refractivity contribution in [3.05, 3.63) is 0 Å². The van der Waals surface area contributed by atoms with Gasteiger partial charge in [-0.05, 0) is 13.8 Å². The largest absolute Gasteiger partial charge is 0.395 e. The molecule has 2 rings (SSSR count). The van der Waals surface area contributed by atoms with E-state index in [-0.39, 0.29) is 6.61 Å². The molecule has 2 heterocycles. The van der Waals surface area contributed by atoms with E-state index in [1.165, 1.54) is 0 Å². The number of hydrogen-bond donors (Lipinski definition) is 3. The number of aliphatic hydroxyl groups is 2. The first kappa shape index (κ1) is 11.3. The minimum Gasteiger partial charge on any atom is -0.395 e. The molecular formula is C9H17NO5. The van der Waals surface area contributed by atoms with Crippen LogP contribution in [0.15, 0.2) is 0 Å². The molecule has 4 N–H and O–H groups in total. The molecule has 88 valence electrons. The Bertz CT molecular complexity index is 247. The highest BCUT2D eigenvalue weighted by atomic mass is 16.8. The Kier molecular flexibility index (Phi) is 2.74. The van der Waals surface area contributed by atoms with Crippen molar-refractivity contribution < 1.29 is 24.4 Å². The van der Waals surface area contributed by atoms with E-state index in [0.717, 1.165) is 0 Å². The zero-order valence-electron chi connectivity index (χ0n) is 8.79. The van der Waals surface area contributed by atoms with Crippen molar-refractivity contribution in [1.29, 1.82) is 0 Å². The SMILES string of the molecule is CC1(C)O[C@H]2O[C@H]([C@H](N)CO)[C@@H](O)[C@H]2O1. The lowest BCUT2D eigenvalue weighted by atomic mass is 10.1. The second-order valence-corrected chi connectivity index (χ2v) is 4.41. The third kappa shape index (κ3) is 1.89. The van der Waals surface area contributed by atoms with E-state index in [4.69, 9.17) is 25.1 Å². The van der Waals surface area contributed by atoms with Crippen LogP contribution in [0.2, 0.25) is 0 Å². The molecular weight excluding hydrogens is 202 g/mol. The zero-order chi connectivity index (χ0) is 11.2. The minimum atomic E-state index is -0.862. The summed E-state index contributed by atoms with van der Waals surface area (Å²) in [6.45, 7) is 3.26. The summed E-state index contributed by atoms with van der Waals surface area (Å²) in [5.41, 5.74) is 5.59. The van der Waals surface area contributed by atoms with E-state index >= 15 is 0 Å². The van der Waals surface area contributed by atoms with Gasteiger partial charge < -0.3 is 30.2 Å². The summed E-state index contributed by atoms with van der Waals surface area (Å²) in [4.78, 5) is 0. The van der Waals surface area contributed by atoms with Crippen molar-refractivity contribution in [2.75, 3.05) is 6.61 Å². The smallest absolute Gasteiger partial charge is 0.190 e. The van der Waals surface area contributed by atoms with E-state index in [1.54, 1.807) is 13.8 Å². The van der Waals surface area contributed by atoms with Gasteiger partial charge in [0.2, 0.25) is 0 Å². The Balaban J connectivity index is 2.05. The van der Waals surface area contributed by atoms with Crippen LogP contribution in [-0.2, 0) is 14.2 Å². The number of hydrogen-bond acceptors (Lipinski definition) is 6. The average Bonchev–Trinajstić information content (AvgIpc) is 2.60. The van der Waals surface area contributed by atoms with E-state index in [1.807, 2.05) is 0 Å². The molecule has 2 aliphatic rings. The predicted octanol–water partition coefficient (Wildman–Crippen LogP) is -1.46. The Morgan fingerprint density at radius 2 is 2.07 bits per heavy atom. The Hall–Kier alpha value is -0.240. The van der Waals surface area contributed by atoms with Crippen LogP contribution >= 0.6 is 0 Å². The third-order valence-corrected chi connectivity index (χ3v) is 2.69. The first-order chi connectivity index (χ1) is 6.94. The summed E-state index contributed by atoms with van der Waals surface area (Å²) in [6, 6.07) is -0.624. The van der Waals surface area contributed by atoms with Gasteiger partial charge in [-0.3, -0.25) is 0 Å². The van der Waals surface area contributed by atoms with Gasteiger partial charge in [0.1, 0.15) is 18.3 Å². The summed E-state index contributed by atoms with van der Waals surface area (Å²) < 4.78 is 16.3. The molecule has 0 radical (unpaired) electrons. The highest BCUT2D eigenvalue weighted by molar-refractivity contribution is 4.96. The van der Waals surface area contributed by atoms with Gasteiger partial charge in [-0.15, -0.1) is 0 Å². The quantitative estimate of drug-likeness (QED) is 0.525. The molecule has 0 aromatic heterocycles. The summed E-state index contributed by atoms with van der Waals surface area (Å²) >= 11 is 0. The lowest BCUT2D eigenvalue weighted by Crippen LogP contribution is -2.46. The Labute approximate surface area is 87.9 Å². The topological polar surface area (TPSA) is 94.2 Å². The summed E-state index contributed by atoms with van der Waals surface area (Å²) in [6.07, 6.45) is -2.62. The normalized spacial score (nSPS) is 45.4. The van der Waals surface area contributed by atoms with Crippen molar-refractivity contribution in [3.8, 4) is 0 Å². The van der Waals surface area contributed by atoms with Gasteiger partial charge in [-0.1, -0.05) is 0 Å². The van der Waals surface area contributed by atoms with E-state index in [2.05, 4.69) is 0 Å². The Morgan fingerprint density at radius 3 is 2.60 bits per heavy atom. The lowest BCUT2D eigenvalue weighted by molar-refractivity contribution is -0.217. The first-order valence-electron chi connectivity index (χ1n) is 5.00. The monoisotopic (exact) mass is 219 g/mol. The number of aliphatic hydroxyl groups excluding tert-OH is 2. The van der Waals surface area contributed by atoms with Crippen LogP contribution in [-0.4, -0.2) is 53.3 Å². The van der Waals surface area contributed by atoms with Crippen molar-refractivity contribution in [2.24, 2.45) is 5.73 Å². The molecule has 5 atom stereocenters. The molecule has 0 amide bonds. The van der Waals surface area contributed by atoms with Crippen molar-refractivity contribution >= 4 is 0 Å². The zero-order valence-corrected chi connectivity index (χ0v) is 8.79. The highest BCUT2D eigenvalue weighted by Gasteiger charge is 2.55. The maximum Gasteiger partial charge on any atom is 0.190 e. The van der Waals surface area contributed by atoms with Crippen LogP contribution in [0.3, 0.4) is 0 Å². The van der Waals surface area contributed by atoms with Gasteiger partial charge >= 0.3 is 0 Å². The fourth-order valence-corrected chi connectivity index (χ4v) is 1.97. The van der Waals surface area contributed by atoms with Gasteiger partial charge in [0.05, 0.1) is 12.6 Å². The number of fused-ring (bicyclic) bond motifs is 1. The van der Waals surface area contributed by atoms with E-state index < -0.39 is 36.4 Å². The van der Waals surface area contributed by atoms with Gasteiger partial charge in [-0.2, -0.15) is 0 Å². The molecule has 0 aromatic carbocycles. The molecule has 6 heteroatoms. The van der Waals surface area contributed by atoms with Crippen molar-refractivity contribution in [2.45, 2.75) is 50.3 Å². The lowest BCUT2D eigenvalue weighted by Gasteiger charge is -2.25. The Morgan fingerprint density at radius 1 is 1.40 bits per heavy atom. The maximum atomic E-state index is 9.87. The molecule has 0 aromatic rings. The van der Waals surface area contributed by atoms with Crippen LogP contribution < -0.4 is 5.73 Å². The number of nitrogens with two attached hydrogens (primary N) is 1. The summed E-state index contributed by atoms with van der Waals surface area (Å²) in [5.74, 6) is -0.745. The summed E-state index contributed by atoms with van der Waals surface area (Å²) in [5, 5.41) is 18.8. The molecule has 0 aliphatic carbocycles. The van der Waals surface area contributed by atoms with Crippen LogP contribution in [0.4, 0.5) is 0 Å². The maximum absolute atomic E-state index is 9.87. The van der Waals surface area contributed by atoms with Crippen LogP contribution in [0.1, 0.15) is 13.8 Å². The molecule has 0 spiro atoms. The molecule has 0 saturated carbocycles. The minimum absolute atomic E-state index is 0.245. The van der Waals surface area contributed by atoms with Crippen molar-refractivity contribution in [1.82, 2.24) is 0 Å². The van der Waals surface area contributed by atoms with Gasteiger partial charge in [0.15, 0.2) is 12.1 Å². The first-order valence-corrected chi connectivity index (χ1v) is 5.00. The third-order valence-electron chi connectivity index (χ3n) is 2.69. The van der Waals surface area contributed by atoms with Crippen LogP contribution in [0, 0.1) is 0 Å². The fourth-order valence-electron chi connectivity index (χ4n) is 1.97. The van der Waals surface area contributed by atoms with Crippen LogP contribution in [0.5, 0.6) is 0 Å². The highest BCUT2D eigenvalue weighted by Crippen LogP contribution is 2.37. The van der Waals surface area contributed by atoms with Crippen LogP contribution in [0.25, 0.3) is 0 Å². The molecule has 2 saturated heterocycles. The molecule has 15 heavy (non-hydrogen) atoms. The number of rotatable bonds is 2. The summed E-state index contributed by atoms with van der Waals surface area (Å²) in [7, 11) is 0. The van der Waals surface area contributed by atoms with E-state index in [9.17, 15) is 5.11 Å². The molecule has 2 fully saturated rings. The molecule has 2 aliphatic heterocycles. The molecule has 6 nitrogen and oxygen atoms in total. The second-order valence-electron chi connectivity index (χ2n) is 4.41. The van der Waals surface area contributed by atoms with E-state index in [0.29, 0.717) is 0 Å². The number of ether oxygens (including phenoxy) is 3. The second kappa shape index (κ2) is 3.65. The van der Waals surface area contributed by atoms with Crippen molar-refractivity contribution in [3.63, 3.8) is 0 Å². The predicted molar refractivity (Wildman–Crippen MR) is 49.8 cm³/mol.